The van der Waals surface area contributed by atoms with E-state index in [-0.39, 0.29) is 28.9 Å². The van der Waals surface area contributed by atoms with Crippen LogP contribution in [0.4, 0.5) is 10.2 Å². The van der Waals surface area contributed by atoms with Gasteiger partial charge < -0.3 is 15.5 Å². The van der Waals surface area contributed by atoms with Crippen LogP contribution in [-0.4, -0.2) is 47.9 Å². The maximum Gasteiger partial charge on any atom is 0.253 e. The molecule has 0 radical (unpaired) electrons. The molecule has 2 unspecified atom stereocenters. The van der Waals surface area contributed by atoms with E-state index in [9.17, 15) is 14.0 Å². The van der Waals surface area contributed by atoms with E-state index in [0.717, 1.165) is 25.7 Å². The topological polar surface area (TPSA) is 74.3 Å². The number of pyridine rings is 1. The molecule has 2 atom stereocenters. The number of nitrogens with zero attached hydrogens (tertiary/aromatic N) is 2. The molecule has 29 heavy (non-hydrogen) atoms. The Labute approximate surface area is 174 Å². The molecule has 0 saturated heterocycles. The minimum absolute atomic E-state index is 0.0270. The normalized spacial score (nSPS) is 18.8. The standard InChI is InChI=1S/C21H24ClFN4O2/c1-27(2)21(29)14-9-10-24-19(12-14)25-17-5-3-4-6-18(17)26-20(28)13-7-8-16(23)15(22)11-13/h7-12,17-18H,3-6H2,1-2H3,(H,24,25)(H,26,28). The number of benzene rings is 1. The van der Waals surface area contributed by atoms with Gasteiger partial charge >= 0.3 is 0 Å². The molecule has 2 aromatic rings. The van der Waals surface area contributed by atoms with Gasteiger partial charge in [-0.15, -0.1) is 0 Å². The summed E-state index contributed by atoms with van der Waals surface area (Å²) in [5.41, 5.74) is 0.863. The highest BCUT2D eigenvalue weighted by atomic mass is 35.5. The third kappa shape index (κ3) is 5.23. The Balaban J connectivity index is 1.71. The first-order valence-electron chi connectivity index (χ1n) is 9.55. The molecule has 8 heteroatoms. The van der Waals surface area contributed by atoms with Crippen LogP contribution in [0.1, 0.15) is 46.4 Å². The average Bonchev–Trinajstić information content (AvgIpc) is 2.71. The first-order valence-corrected chi connectivity index (χ1v) is 9.93. The number of carbonyl (C=O) groups is 2. The van der Waals surface area contributed by atoms with Gasteiger partial charge in [-0.2, -0.15) is 0 Å². The quantitative estimate of drug-likeness (QED) is 0.775. The summed E-state index contributed by atoms with van der Waals surface area (Å²) in [6.07, 6.45) is 5.30. The van der Waals surface area contributed by atoms with Crippen molar-refractivity contribution >= 4 is 29.2 Å². The van der Waals surface area contributed by atoms with E-state index in [2.05, 4.69) is 15.6 Å². The second-order valence-electron chi connectivity index (χ2n) is 7.37. The summed E-state index contributed by atoms with van der Waals surface area (Å²) in [5, 5.41) is 6.30. The third-order valence-electron chi connectivity index (χ3n) is 5.01. The van der Waals surface area contributed by atoms with Crippen molar-refractivity contribution in [2.24, 2.45) is 0 Å². The number of nitrogens with one attached hydrogen (secondary N) is 2. The predicted octanol–water partition coefficient (Wildman–Crippen LogP) is 3.73. The summed E-state index contributed by atoms with van der Waals surface area (Å²) in [7, 11) is 3.40. The number of anilines is 1. The first-order chi connectivity index (χ1) is 13.8. The number of amides is 2. The zero-order valence-corrected chi connectivity index (χ0v) is 17.2. The Morgan fingerprint density at radius 1 is 1.10 bits per heavy atom. The average molecular weight is 419 g/mol. The van der Waals surface area contributed by atoms with Crippen molar-refractivity contribution in [2.75, 3.05) is 19.4 Å². The number of rotatable bonds is 5. The van der Waals surface area contributed by atoms with Gasteiger partial charge in [-0.05, 0) is 43.2 Å². The summed E-state index contributed by atoms with van der Waals surface area (Å²) in [6.45, 7) is 0. The number of aromatic nitrogens is 1. The molecule has 1 saturated carbocycles. The summed E-state index contributed by atoms with van der Waals surface area (Å²) >= 11 is 5.79. The molecule has 0 aliphatic heterocycles. The van der Waals surface area contributed by atoms with Crippen molar-refractivity contribution in [3.05, 3.63) is 58.5 Å². The number of hydrogen-bond acceptors (Lipinski definition) is 4. The molecule has 2 N–H and O–H groups in total. The zero-order valence-electron chi connectivity index (χ0n) is 16.4. The van der Waals surface area contributed by atoms with Crippen LogP contribution >= 0.6 is 11.6 Å². The van der Waals surface area contributed by atoms with Gasteiger partial charge in [0.1, 0.15) is 11.6 Å². The van der Waals surface area contributed by atoms with Gasteiger partial charge in [0.05, 0.1) is 5.02 Å². The fourth-order valence-corrected chi connectivity index (χ4v) is 3.64. The maximum atomic E-state index is 13.4. The van der Waals surface area contributed by atoms with Gasteiger partial charge in [0.15, 0.2) is 0 Å². The van der Waals surface area contributed by atoms with Crippen LogP contribution in [0, 0.1) is 5.82 Å². The van der Waals surface area contributed by atoms with Crippen LogP contribution in [-0.2, 0) is 0 Å². The molecular weight excluding hydrogens is 395 g/mol. The van der Waals surface area contributed by atoms with Gasteiger partial charge in [0, 0.05) is 43.5 Å². The Hall–Kier alpha value is -2.67. The molecule has 6 nitrogen and oxygen atoms in total. The molecule has 1 aliphatic rings. The molecular formula is C21H24ClFN4O2. The smallest absolute Gasteiger partial charge is 0.253 e. The largest absolute Gasteiger partial charge is 0.365 e. The lowest BCUT2D eigenvalue weighted by Gasteiger charge is -2.33. The molecule has 1 heterocycles. The van der Waals surface area contributed by atoms with Crippen molar-refractivity contribution in [3.8, 4) is 0 Å². The van der Waals surface area contributed by atoms with Crippen molar-refractivity contribution in [3.63, 3.8) is 0 Å². The Morgan fingerprint density at radius 3 is 2.52 bits per heavy atom. The second-order valence-corrected chi connectivity index (χ2v) is 7.78. The highest BCUT2D eigenvalue weighted by Crippen LogP contribution is 2.23. The Bertz CT molecular complexity index is 906. The van der Waals surface area contributed by atoms with Crippen LogP contribution in [0.3, 0.4) is 0 Å². The summed E-state index contributed by atoms with van der Waals surface area (Å²) < 4.78 is 13.4. The lowest BCUT2D eigenvalue weighted by atomic mass is 9.90. The minimum Gasteiger partial charge on any atom is -0.365 e. The number of carbonyl (C=O) groups excluding carboxylic acids is 2. The van der Waals surface area contributed by atoms with Gasteiger partial charge in [0.2, 0.25) is 0 Å². The van der Waals surface area contributed by atoms with Crippen LogP contribution < -0.4 is 10.6 Å². The second kappa shape index (κ2) is 9.22. The zero-order chi connectivity index (χ0) is 21.0. The summed E-state index contributed by atoms with van der Waals surface area (Å²) in [4.78, 5) is 30.6. The Morgan fingerprint density at radius 2 is 1.83 bits per heavy atom. The molecule has 0 spiro atoms. The molecule has 1 aromatic carbocycles. The van der Waals surface area contributed by atoms with Crippen LogP contribution in [0.5, 0.6) is 0 Å². The van der Waals surface area contributed by atoms with Gasteiger partial charge in [-0.1, -0.05) is 24.4 Å². The summed E-state index contributed by atoms with van der Waals surface area (Å²) in [5.74, 6) is -0.362. The third-order valence-corrected chi connectivity index (χ3v) is 5.30. The van der Waals surface area contributed by atoms with Gasteiger partial charge in [0.25, 0.3) is 11.8 Å². The fraction of sp³-hybridized carbons (Fsp3) is 0.381. The predicted molar refractivity (Wildman–Crippen MR) is 111 cm³/mol. The lowest BCUT2D eigenvalue weighted by Crippen LogP contribution is -2.48. The van der Waals surface area contributed by atoms with Gasteiger partial charge in [-0.25, -0.2) is 9.37 Å². The van der Waals surface area contributed by atoms with E-state index < -0.39 is 5.82 Å². The maximum absolute atomic E-state index is 13.4. The van der Waals surface area contributed by atoms with Gasteiger partial charge in [-0.3, -0.25) is 9.59 Å². The highest BCUT2D eigenvalue weighted by molar-refractivity contribution is 6.31. The molecule has 1 aromatic heterocycles. The Kier molecular flexibility index (Phi) is 6.69. The van der Waals surface area contributed by atoms with E-state index in [1.54, 1.807) is 32.4 Å². The van der Waals surface area contributed by atoms with E-state index in [1.165, 1.54) is 23.1 Å². The molecule has 3 rings (SSSR count). The number of hydrogen-bond donors (Lipinski definition) is 2. The first kappa shape index (κ1) is 21.0. The van der Waals surface area contributed by atoms with E-state index in [4.69, 9.17) is 11.6 Å². The molecule has 2 amide bonds. The molecule has 1 fully saturated rings. The monoisotopic (exact) mass is 418 g/mol. The lowest BCUT2D eigenvalue weighted by molar-refractivity contribution is 0.0827. The highest BCUT2D eigenvalue weighted by Gasteiger charge is 2.27. The molecule has 154 valence electrons. The van der Waals surface area contributed by atoms with E-state index in [0.29, 0.717) is 16.9 Å². The summed E-state index contributed by atoms with van der Waals surface area (Å²) in [6, 6.07) is 7.18. The van der Waals surface area contributed by atoms with Crippen molar-refractivity contribution < 1.29 is 14.0 Å². The van der Waals surface area contributed by atoms with Crippen LogP contribution in [0.15, 0.2) is 36.5 Å². The van der Waals surface area contributed by atoms with Crippen LogP contribution in [0.2, 0.25) is 5.02 Å². The SMILES string of the molecule is CN(C)C(=O)c1ccnc(NC2CCCCC2NC(=O)c2ccc(F)c(Cl)c2)c1. The van der Waals surface area contributed by atoms with Crippen molar-refractivity contribution in [1.82, 2.24) is 15.2 Å². The van der Waals surface area contributed by atoms with Crippen LogP contribution in [0.25, 0.3) is 0 Å². The number of halogens is 2. The van der Waals surface area contributed by atoms with E-state index >= 15 is 0 Å². The molecule has 1 aliphatic carbocycles. The molecule has 0 bridgehead atoms. The van der Waals surface area contributed by atoms with Crippen molar-refractivity contribution in [2.45, 2.75) is 37.8 Å². The van der Waals surface area contributed by atoms with Crippen molar-refractivity contribution in [1.29, 1.82) is 0 Å². The van der Waals surface area contributed by atoms with E-state index in [1.807, 2.05) is 0 Å². The fourth-order valence-electron chi connectivity index (χ4n) is 3.46. The minimum atomic E-state index is -0.557.